The van der Waals surface area contributed by atoms with Crippen LogP contribution in [0.15, 0.2) is 10.5 Å². The van der Waals surface area contributed by atoms with E-state index in [0.717, 1.165) is 30.8 Å². The Morgan fingerprint density at radius 1 is 1.50 bits per heavy atom. The second kappa shape index (κ2) is 4.97. The van der Waals surface area contributed by atoms with Crippen molar-refractivity contribution in [3.63, 3.8) is 0 Å². The Labute approximate surface area is 119 Å². The SMILES string of the molecule is CCN(C)C(=O)c1sc2nc(C)cc(C)c2c1Br. The number of hydrogen-bond donors (Lipinski definition) is 0. The van der Waals surface area contributed by atoms with Crippen LogP contribution in [0.3, 0.4) is 0 Å². The fourth-order valence-corrected chi connectivity index (χ4v) is 4.08. The van der Waals surface area contributed by atoms with Crippen molar-refractivity contribution in [1.82, 2.24) is 9.88 Å². The maximum atomic E-state index is 12.2. The molecule has 1 amide bonds. The number of fused-ring (bicyclic) bond motifs is 1. The van der Waals surface area contributed by atoms with Crippen LogP contribution in [0, 0.1) is 13.8 Å². The Balaban J connectivity index is 2.64. The molecule has 0 unspecified atom stereocenters. The van der Waals surface area contributed by atoms with Crippen LogP contribution in [0.2, 0.25) is 0 Å². The van der Waals surface area contributed by atoms with Crippen LogP contribution in [0.5, 0.6) is 0 Å². The van der Waals surface area contributed by atoms with Crippen molar-refractivity contribution in [2.24, 2.45) is 0 Å². The van der Waals surface area contributed by atoms with E-state index in [2.05, 4.69) is 20.9 Å². The van der Waals surface area contributed by atoms with Gasteiger partial charge in [-0.3, -0.25) is 4.79 Å². The minimum atomic E-state index is 0.0458. The zero-order valence-corrected chi connectivity index (χ0v) is 13.3. The first kappa shape index (κ1) is 13.5. The third-order valence-corrected chi connectivity index (χ3v) is 5.07. The number of pyridine rings is 1. The van der Waals surface area contributed by atoms with Crippen LogP contribution in [0.25, 0.3) is 10.2 Å². The summed E-state index contributed by atoms with van der Waals surface area (Å²) >= 11 is 5.00. The smallest absolute Gasteiger partial charge is 0.264 e. The van der Waals surface area contributed by atoms with Gasteiger partial charge in [0, 0.05) is 24.7 Å². The molecule has 0 spiro atoms. The summed E-state index contributed by atoms with van der Waals surface area (Å²) in [4.78, 5) is 20.1. The highest BCUT2D eigenvalue weighted by Crippen LogP contribution is 2.37. The molecule has 0 aliphatic carbocycles. The van der Waals surface area contributed by atoms with E-state index in [9.17, 15) is 4.79 Å². The van der Waals surface area contributed by atoms with Gasteiger partial charge in [-0.25, -0.2) is 4.98 Å². The zero-order valence-electron chi connectivity index (χ0n) is 10.9. The molecule has 0 fully saturated rings. The lowest BCUT2D eigenvalue weighted by Crippen LogP contribution is -2.25. The summed E-state index contributed by atoms with van der Waals surface area (Å²) in [5, 5.41) is 1.05. The van der Waals surface area contributed by atoms with Crippen molar-refractivity contribution in [3.05, 3.63) is 26.7 Å². The molecule has 3 nitrogen and oxygen atoms in total. The first-order chi connectivity index (χ1) is 8.45. The Kier molecular flexibility index (Phi) is 3.73. The van der Waals surface area contributed by atoms with E-state index in [-0.39, 0.29) is 5.91 Å². The fraction of sp³-hybridized carbons (Fsp3) is 0.385. The predicted octanol–water partition coefficient (Wildman–Crippen LogP) is 3.77. The molecule has 2 aromatic heterocycles. The predicted molar refractivity (Wildman–Crippen MR) is 79.4 cm³/mol. The second-order valence-corrected chi connectivity index (χ2v) is 6.12. The Morgan fingerprint density at radius 2 is 2.17 bits per heavy atom. The van der Waals surface area contributed by atoms with Gasteiger partial charge < -0.3 is 4.90 Å². The van der Waals surface area contributed by atoms with Gasteiger partial charge in [0.05, 0.1) is 4.47 Å². The molecule has 0 saturated carbocycles. The van der Waals surface area contributed by atoms with Crippen molar-refractivity contribution >= 4 is 43.4 Å². The number of hydrogen-bond acceptors (Lipinski definition) is 3. The molecule has 18 heavy (non-hydrogen) atoms. The highest BCUT2D eigenvalue weighted by atomic mass is 79.9. The maximum Gasteiger partial charge on any atom is 0.264 e. The molecule has 0 bridgehead atoms. The number of aryl methyl sites for hydroxylation is 2. The molecular weight excluding hydrogens is 312 g/mol. The highest BCUT2D eigenvalue weighted by molar-refractivity contribution is 9.10. The molecule has 0 saturated heterocycles. The van der Waals surface area contributed by atoms with Gasteiger partial charge in [0.2, 0.25) is 0 Å². The molecule has 0 aliphatic heterocycles. The fourth-order valence-electron chi connectivity index (χ4n) is 1.85. The summed E-state index contributed by atoms with van der Waals surface area (Å²) in [5.41, 5.74) is 2.13. The molecule has 0 atom stereocenters. The monoisotopic (exact) mass is 326 g/mol. The van der Waals surface area contributed by atoms with Crippen LogP contribution < -0.4 is 0 Å². The van der Waals surface area contributed by atoms with Gasteiger partial charge in [0.25, 0.3) is 5.91 Å². The minimum absolute atomic E-state index is 0.0458. The van der Waals surface area contributed by atoms with Gasteiger partial charge in [-0.2, -0.15) is 0 Å². The highest BCUT2D eigenvalue weighted by Gasteiger charge is 2.21. The summed E-state index contributed by atoms with van der Waals surface area (Å²) in [5.74, 6) is 0.0458. The molecule has 2 aromatic rings. The molecule has 0 aliphatic rings. The lowest BCUT2D eigenvalue weighted by Gasteiger charge is -2.13. The minimum Gasteiger partial charge on any atom is -0.341 e. The number of halogens is 1. The van der Waals surface area contributed by atoms with E-state index in [1.165, 1.54) is 11.3 Å². The van der Waals surface area contributed by atoms with Gasteiger partial charge >= 0.3 is 0 Å². The summed E-state index contributed by atoms with van der Waals surface area (Å²) in [6.45, 7) is 6.68. The van der Waals surface area contributed by atoms with Gasteiger partial charge in [0.15, 0.2) is 0 Å². The van der Waals surface area contributed by atoms with Crippen molar-refractivity contribution in [2.75, 3.05) is 13.6 Å². The number of amides is 1. The third-order valence-electron chi connectivity index (χ3n) is 2.94. The van der Waals surface area contributed by atoms with Gasteiger partial charge in [-0.15, -0.1) is 11.3 Å². The second-order valence-electron chi connectivity index (χ2n) is 4.33. The molecular formula is C13H15BrN2OS. The van der Waals surface area contributed by atoms with Crippen molar-refractivity contribution in [2.45, 2.75) is 20.8 Å². The number of thiophene rings is 1. The van der Waals surface area contributed by atoms with Crippen molar-refractivity contribution in [1.29, 1.82) is 0 Å². The van der Waals surface area contributed by atoms with Crippen LogP contribution in [0.4, 0.5) is 0 Å². The molecule has 0 aromatic carbocycles. The topological polar surface area (TPSA) is 33.2 Å². The zero-order chi connectivity index (χ0) is 13.4. The first-order valence-electron chi connectivity index (χ1n) is 5.77. The number of carbonyl (C=O) groups is 1. The molecule has 2 heterocycles. The molecule has 0 radical (unpaired) electrons. The van der Waals surface area contributed by atoms with E-state index >= 15 is 0 Å². The van der Waals surface area contributed by atoms with Crippen LogP contribution in [0.1, 0.15) is 27.9 Å². The standard InChI is InChI=1S/C13H15BrN2OS/c1-5-16(4)13(17)11-10(14)9-7(2)6-8(3)15-12(9)18-11/h6H,5H2,1-4H3. The Hall–Kier alpha value is -0.940. The van der Waals surface area contributed by atoms with E-state index in [1.807, 2.05) is 33.9 Å². The van der Waals surface area contributed by atoms with E-state index < -0.39 is 0 Å². The molecule has 0 N–H and O–H groups in total. The summed E-state index contributed by atoms with van der Waals surface area (Å²) in [6.07, 6.45) is 0. The average molecular weight is 327 g/mol. The van der Waals surface area contributed by atoms with E-state index in [4.69, 9.17) is 0 Å². The number of carbonyl (C=O) groups excluding carboxylic acids is 1. The Morgan fingerprint density at radius 3 is 2.78 bits per heavy atom. The van der Waals surface area contributed by atoms with Gasteiger partial charge in [-0.05, 0) is 48.3 Å². The number of rotatable bonds is 2. The van der Waals surface area contributed by atoms with Crippen LogP contribution >= 0.6 is 27.3 Å². The summed E-state index contributed by atoms with van der Waals surface area (Å²) in [7, 11) is 1.81. The normalized spacial score (nSPS) is 10.9. The van der Waals surface area contributed by atoms with Crippen LogP contribution in [-0.2, 0) is 0 Å². The van der Waals surface area contributed by atoms with Gasteiger partial charge in [0.1, 0.15) is 9.71 Å². The number of aromatic nitrogens is 1. The van der Waals surface area contributed by atoms with Crippen LogP contribution in [-0.4, -0.2) is 29.4 Å². The maximum absolute atomic E-state index is 12.2. The molecule has 5 heteroatoms. The van der Waals surface area contributed by atoms with E-state index in [1.54, 1.807) is 4.90 Å². The largest absolute Gasteiger partial charge is 0.341 e. The lowest BCUT2D eigenvalue weighted by molar-refractivity contribution is 0.0806. The number of nitrogens with zero attached hydrogens (tertiary/aromatic N) is 2. The molecule has 96 valence electrons. The summed E-state index contributed by atoms with van der Waals surface area (Å²) in [6, 6.07) is 2.04. The van der Waals surface area contributed by atoms with E-state index in [0.29, 0.717) is 6.54 Å². The third kappa shape index (κ3) is 2.17. The first-order valence-corrected chi connectivity index (χ1v) is 7.38. The van der Waals surface area contributed by atoms with Crippen molar-refractivity contribution < 1.29 is 4.79 Å². The lowest BCUT2D eigenvalue weighted by atomic mass is 10.2. The molecule has 2 rings (SSSR count). The van der Waals surface area contributed by atoms with Gasteiger partial charge in [-0.1, -0.05) is 0 Å². The van der Waals surface area contributed by atoms with Crippen molar-refractivity contribution in [3.8, 4) is 0 Å². The summed E-state index contributed by atoms with van der Waals surface area (Å²) < 4.78 is 0.873. The Bertz CT molecular complexity index is 621. The average Bonchev–Trinajstić information content (AvgIpc) is 2.64. The quantitative estimate of drug-likeness (QED) is 0.841.